The molecule has 1 heterocycles. The minimum atomic E-state index is 0.228. The number of rotatable bonds is 4. The first kappa shape index (κ1) is 14.5. The van der Waals surface area contributed by atoms with Gasteiger partial charge in [-0.15, -0.1) is 10.2 Å². The van der Waals surface area contributed by atoms with Crippen molar-refractivity contribution in [3.63, 3.8) is 0 Å². The van der Waals surface area contributed by atoms with E-state index in [0.717, 1.165) is 16.5 Å². The van der Waals surface area contributed by atoms with Crippen LogP contribution in [0.2, 0.25) is 10.0 Å². The van der Waals surface area contributed by atoms with Crippen LogP contribution in [0.25, 0.3) is 0 Å². The summed E-state index contributed by atoms with van der Waals surface area (Å²) in [5.41, 5.74) is 6.87. The molecule has 19 heavy (non-hydrogen) atoms. The van der Waals surface area contributed by atoms with Crippen molar-refractivity contribution in [1.29, 1.82) is 0 Å². The fraction of sp³-hybridized carbons (Fsp3) is 0.333. The SMILES string of the molecule is CC(C)n1c(N)nnc1SCc1ccc(Cl)c(Cl)c1. The molecule has 1 aromatic heterocycles. The van der Waals surface area contributed by atoms with Gasteiger partial charge < -0.3 is 5.73 Å². The Morgan fingerprint density at radius 1 is 1.26 bits per heavy atom. The second-order valence-corrected chi connectivity index (χ2v) is 6.10. The third-order valence-corrected chi connectivity index (χ3v) is 4.31. The number of benzene rings is 1. The Morgan fingerprint density at radius 3 is 2.63 bits per heavy atom. The maximum atomic E-state index is 5.99. The van der Waals surface area contributed by atoms with Gasteiger partial charge in [0.25, 0.3) is 0 Å². The van der Waals surface area contributed by atoms with E-state index in [1.807, 2.05) is 30.5 Å². The number of hydrogen-bond donors (Lipinski definition) is 1. The molecule has 102 valence electrons. The normalized spacial score (nSPS) is 11.2. The number of hydrogen-bond acceptors (Lipinski definition) is 4. The second-order valence-electron chi connectivity index (χ2n) is 4.34. The highest BCUT2D eigenvalue weighted by molar-refractivity contribution is 7.98. The van der Waals surface area contributed by atoms with Crippen LogP contribution in [0.4, 0.5) is 5.95 Å². The summed E-state index contributed by atoms with van der Waals surface area (Å²) in [6, 6.07) is 5.82. The van der Waals surface area contributed by atoms with E-state index in [1.54, 1.807) is 17.8 Å². The maximum absolute atomic E-state index is 5.99. The summed E-state index contributed by atoms with van der Waals surface area (Å²) < 4.78 is 1.90. The Kier molecular flexibility index (Phi) is 4.60. The zero-order valence-corrected chi connectivity index (χ0v) is 12.9. The lowest BCUT2D eigenvalue weighted by molar-refractivity contribution is 0.557. The zero-order chi connectivity index (χ0) is 14.0. The molecule has 0 saturated carbocycles. The largest absolute Gasteiger partial charge is 0.368 e. The fourth-order valence-electron chi connectivity index (χ4n) is 1.65. The summed E-state index contributed by atoms with van der Waals surface area (Å²) in [5, 5.41) is 9.91. The molecular formula is C12H14Cl2N4S. The van der Waals surface area contributed by atoms with Crippen LogP contribution in [0.15, 0.2) is 23.4 Å². The standard InChI is InChI=1S/C12H14Cl2N4S/c1-7(2)18-11(15)16-17-12(18)19-6-8-3-4-9(13)10(14)5-8/h3-5,7H,6H2,1-2H3,(H2,15,16). The van der Waals surface area contributed by atoms with Crippen LogP contribution in [0.3, 0.4) is 0 Å². The molecule has 0 fully saturated rings. The van der Waals surface area contributed by atoms with E-state index in [1.165, 1.54) is 0 Å². The number of thioether (sulfide) groups is 1. The Morgan fingerprint density at radius 2 is 2.00 bits per heavy atom. The molecule has 0 spiro atoms. The molecule has 2 aromatic rings. The lowest BCUT2D eigenvalue weighted by atomic mass is 10.2. The second kappa shape index (κ2) is 6.03. The molecule has 7 heteroatoms. The van der Waals surface area contributed by atoms with Gasteiger partial charge in [-0.2, -0.15) is 0 Å². The number of nitrogens with two attached hydrogens (primary N) is 1. The molecule has 0 aliphatic rings. The van der Waals surface area contributed by atoms with E-state index >= 15 is 0 Å². The van der Waals surface area contributed by atoms with E-state index in [0.29, 0.717) is 16.0 Å². The third kappa shape index (κ3) is 3.35. The average Bonchev–Trinajstić information content (AvgIpc) is 2.72. The fourth-order valence-corrected chi connectivity index (χ4v) is 2.99. The van der Waals surface area contributed by atoms with Crippen LogP contribution >= 0.6 is 35.0 Å². The van der Waals surface area contributed by atoms with Gasteiger partial charge in [0.15, 0.2) is 5.16 Å². The quantitative estimate of drug-likeness (QED) is 0.865. The van der Waals surface area contributed by atoms with Gasteiger partial charge in [-0.05, 0) is 31.5 Å². The van der Waals surface area contributed by atoms with Crippen LogP contribution < -0.4 is 5.73 Å². The van der Waals surface area contributed by atoms with Crippen molar-refractivity contribution >= 4 is 40.9 Å². The first-order valence-electron chi connectivity index (χ1n) is 5.76. The molecule has 2 rings (SSSR count). The van der Waals surface area contributed by atoms with Gasteiger partial charge in [-0.25, -0.2) is 0 Å². The molecular weight excluding hydrogens is 303 g/mol. The molecule has 0 saturated heterocycles. The van der Waals surface area contributed by atoms with Gasteiger partial charge in [-0.3, -0.25) is 4.57 Å². The van der Waals surface area contributed by atoms with E-state index in [-0.39, 0.29) is 6.04 Å². The highest BCUT2D eigenvalue weighted by atomic mass is 35.5. The molecule has 0 radical (unpaired) electrons. The minimum Gasteiger partial charge on any atom is -0.368 e. The van der Waals surface area contributed by atoms with E-state index in [2.05, 4.69) is 10.2 Å². The van der Waals surface area contributed by atoms with Crippen molar-refractivity contribution in [2.75, 3.05) is 5.73 Å². The highest BCUT2D eigenvalue weighted by Crippen LogP contribution is 2.28. The molecule has 2 N–H and O–H groups in total. The Bertz CT molecular complexity index is 583. The van der Waals surface area contributed by atoms with Crippen molar-refractivity contribution in [3.8, 4) is 0 Å². The topological polar surface area (TPSA) is 56.7 Å². The molecule has 0 atom stereocenters. The van der Waals surface area contributed by atoms with Crippen LogP contribution in [-0.2, 0) is 5.75 Å². The Labute approximate surface area is 126 Å². The van der Waals surface area contributed by atoms with Crippen molar-refractivity contribution in [2.24, 2.45) is 0 Å². The summed E-state index contributed by atoms with van der Waals surface area (Å²) in [6.07, 6.45) is 0. The average molecular weight is 317 g/mol. The Hall–Kier alpha value is -0.910. The van der Waals surface area contributed by atoms with Gasteiger partial charge in [0.05, 0.1) is 10.0 Å². The van der Waals surface area contributed by atoms with E-state index in [4.69, 9.17) is 28.9 Å². The maximum Gasteiger partial charge on any atom is 0.222 e. The molecule has 0 unspecified atom stereocenters. The molecule has 0 aliphatic carbocycles. The zero-order valence-electron chi connectivity index (χ0n) is 10.6. The summed E-state index contributed by atoms with van der Waals surface area (Å²) in [4.78, 5) is 0. The smallest absolute Gasteiger partial charge is 0.222 e. The number of aromatic nitrogens is 3. The molecule has 0 bridgehead atoms. The lowest BCUT2D eigenvalue weighted by Gasteiger charge is -2.11. The summed E-state index contributed by atoms with van der Waals surface area (Å²) >= 11 is 13.4. The van der Waals surface area contributed by atoms with Gasteiger partial charge in [0, 0.05) is 11.8 Å². The first-order chi connectivity index (χ1) is 8.99. The monoisotopic (exact) mass is 316 g/mol. The van der Waals surface area contributed by atoms with Crippen LogP contribution in [0, 0.1) is 0 Å². The van der Waals surface area contributed by atoms with E-state index < -0.39 is 0 Å². The third-order valence-electron chi connectivity index (χ3n) is 2.56. The number of anilines is 1. The van der Waals surface area contributed by atoms with E-state index in [9.17, 15) is 0 Å². The van der Waals surface area contributed by atoms with Crippen molar-refractivity contribution in [1.82, 2.24) is 14.8 Å². The molecule has 0 aliphatic heterocycles. The van der Waals surface area contributed by atoms with Gasteiger partial charge in [-0.1, -0.05) is 41.0 Å². The minimum absolute atomic E-state index is 0.228. The first-order valence-corrected chi connectivity index (χ1v) is 7.50. The molecule has 1 aromatic carbocycles. The summed E-state index contributed by atoms with van der Waals surface area (Å²) in [6.45, 7) is 4.09. The van der Waals surface area contributed by atoms with Crippen molar-refractivity contribution < 1.29 is 0 Å². The molecule has 0 amide bonds. The summed E-state index contributed by atoms with van der Waals surface area (Å²) in [5.74, 6) is 1.17. The van der Waals surface area contributed by atoms with Gasteiger partial charge >= 0.3 is 0 Å². The van der Waals surface area contributed by atoms with Crippen LogP contribution in [-0.4, -0.2) is 14.8 Å². The predicted octanol–water partition coefficient (Wildman–Crippen LogP) is 4.04. The number of nitrogen functional groups attached to an aromatic ring is 1. The van der Waals surface area contributed by atoms with Crippen molar-refractivity contribution in [3.05, 3.63) is 33.8 Å². The number of nitrogens with zero attached hydrogens (tertiary/aromatic N) is 3. The molecule has 4 nitrogen and oxygen atoms in total. The lowest BCUT2D eigenvalue weighted by Crippen LogP contribution is -2.07. The Balaban J connectivity index is 2.12. The van der Waals surface area contributed by atoms with Crippen LogP contribution in [0.1, 0.15) is 25.5 Å². The number of halogens is 2. The summed E-state index contributed by atoms with van der Waals surface area (Å²) in [7, 11) is 0. The van der Waals surface area contributed by atoms with Gasteiger partial charge in [0.1, 0.15) is 0 Å². The van der Waals surface area contributed by atoms with Crippen LogP contribution in [0.5, 0.6) is 0 Å². The predicted molar refractivity (Wildman–Crippen MR) is 80.8 cm³/mol. The van der Waals surface area contributed by atoms with Crippen molar-refractivity contribution in [2.45, 2.75) is 30.8 Å². The highest BCUT2D eigenvalue weighted by Gasteiger charge is 2.13. The van der Waals surface area contributed by atoms with Gasteiger partial charge in [0.2, 0.25) is 5.95 Å².